The Bertz CT molecular complexity index is 1430. The minimum Gasteiger partial charge on any atom is -0.462 e. The molecular formula is C25H19Cl2N3O4. The molecule has 1 aliphatic carbocycles. The summed E-state index contributed by atoms with van der Waals surface area (Å²) >= 11 is 12.2. The molecular weight excluding hydrogens is 477 g/mol. The third kappa shape index (κ3) is 4.02. The summed E-state index contributed by atoms with van der Waals surface area (Å²) in [5, 5.41) is 8.47. The maximum Gasteiger partial charge on any atom is 0.346 e. The van der Waals surface area contributed by atoms with Crippen LogP contribution in [0.25, 0.3) is 22.2 Å². The molecule has 1 aliphatic rings. The van der Waals surface area contributed by atoms with Crippen molar-refractivity contribution in [2.45, 2.75) is 26.2 Å². The summed E-state index contributed by atoms with van der Waals surface area (Å²) in [6.07, 6.45) is 2.43. The minimum absolute atomic E-state index is 0.0329. The normalized spacial score (nSPS) is 12.6. The number of hydrogen-bond donors (Lipinski definition) is 1. The first-order valence-electron chi connectivity index (χ1n) is 10.8. The lowest BCUT2D eigenvalue weighted by Gasteiger charge is -2.12. The molecule has 0 fully saturated rings. The predicted molar refractivity (Wildman–Crippen MR) is 130 cm³/mol. The standard InChI is InChI=1S/C25H19Cl2N3O4/c1-2-33-25(32)21-22(13-6-8-14(26)9-7-13)30-34-24(21)29-23(31)20-16-4-3-5-18(16)28-19-11-10-15(27)12-17(19)20/h6-12H,2-5H2,1H3,(H,29,31). The molecule has 5 rings (SSSR count). The zero-order chi connectivity index (χ0) is 23.8. The van der Waals surface area contributed by atoms with E-state index in [0.717, 1.165) is 30.5 Å². The van der Waals surface area contributed by atoms with Gasteiger partial charge in [-0.05, 0) is 62.1 Å². The third-order valence-corrected chi connectivity index (χ3v) is 6.20. The molecule has 7 nitrogen and oxygen atoms in total. The van der Waals surface area contributed by atoms with Gasteiger partial charge in [-0.3, -0.25) is 15.1 Å². The van der Waals surface area contributed by atoms with Crippen LogP contribution in [0, 0.1) is 0 Å². The predicted octanol–water partition coefficient (Wildman–Crippen LogP) is 6.11. The zero-order valence-electron chi connectivity index (χ0n) is 18.2. The van der Waals surface area contributed by atoms with E-state index in [2.05, 4.69) is 10.5 Å². The number of rotatable bonds is 5. The van der Waals surface area contributed by atoms with Gasteiger partial charge in [-0.2, -0.15) is 0 Å². The van der Waals surface area contributed by atoms with Gasteiger partial charge in [0.05, 0.1) is 17.7 Å². The summed E-state index contributed by atoms with van der Waals surface area (Å²) in [6, 6.07) is 12.0. The molecule has 9 heteroatoms. The molecule has 4 aromatic rings. The van der Waals surface area contributed by atoms with Crippen molar-refractivity contribution in [3.05, 3.63) is 74.9 Å². The number of hydrogen-bond acceptors (Lipinski definition) is 6. The summed E-state index contributed by atoms with van der Waals surface area (Å²) in [5.41, 5.74) is 3.80. The number of nitrogens with one attached hydrogen (secondary N) is 1. The van der Waals surface area contributed by atoms with Crippen LogP contribution in [-0.4, -0.2) is 28.6 Å². The Morgan fingerprint density at radius 3 is 2.59 bits per heavy atom. The second-order valence-corrected chi connectivity index (χ2v) is 8.72. The number of ether oxygens (including phenoxy) is 1. The summed E-state index contributed by atoms with van der Waals surface area (Å²) < 4.78 is 10.7. The number of carbonyl (C=O) groups is 2. The van der Waals surface area contributed by atoms with E-state index < -0.39 is 11.9 Å². The highest BCUT2D eigenvalue weighted by Gasteiger charge is 2.29. The highest BCUT2D eigenvalue weighted by atomic mass is 35.5. The number of benzene rings is 2. The van der Waals surface area contributed by atoms with Gasteiger partial charge in [0, 0.05) is 26.7 Å². The fraction of sp³-hybridized carbons (Fsp3) is 0.200. The molecule has 0 bridgehead atoms. The molecule has 0 spiro atoms. The molecule has 2 aromatic carbocycles. The van der Waals surface area contributed by atoms with Gasteiger partial charge in [-0.25, -0.2) is 4.79 Å². The molecule has 2 aromatic heterocycles. The number of anilines is 1. The van der Waals surface area contributed by atoms with Crippen LogP contribution in [-0.2, 0) is 17.6 Å². The van der Waals surface area contributed by atoms with Gasteiger partial charge in [0.15, 0.2) is 5.56 Å². The Labute approximate surface area is 205 Å². The SMILES string of the molecule is CCOC(=O)c1c(-c2ccc(Cl)cc2)noc1NC(=O)c1c2c(nc3ccc(Cl)cc13)CCC2. The summed E-state index contributed by atoms with van der Waals surface area (Å²) in [6.45, 7) is 1.85. The molecule has 0 unspecified atom stereocenters. The number of halogens is 2. The van der Waals surface area contributed by atoms with Crippen molar-refractivity contribution in [3.8, 4) is 11.3 Å². The van der Waals surface area contributed by atoms with E-state index in [9.17, 15) is 9.59 Å². The van der Waals surface area contributed by atoms with Gasteiger partial charge in [0.1, 0.15) is 5.69 Å². The summed E-state index contributed by atoms with van der Waals surface area (Å²) in [7, 11) is 0. The van der Waals surface area contributed by atoms with E-state index in [1.807, 2.05) is 0 Å². The molecule has 0 saturated carbocycles. The monoisotopic (exact) mass is 495 g/mol. The van der Waals surface area contributed by atoms with Crippen LogP contribution in [0.3, 0.4) is 0 Å². The topological polar surface area (TPSA) is 94.3 Å². The molecule has 0 aliphatic heterocycles. The maximum absolute atomic E-state index is 13.6. The van der Waals surface area contributed by atoms with E-state index in [-0.39, 0.29) is 23.7 Å². The number of esters is 1. The second-order valence-electron chi connectivity index (χ2n) is 7.84. The number of carbonyl (C=O) groups excluding carboxylic acids is 2. The van der Waals surface area contributed by atoms with Gasteiger partial charge in [0.2, 0.25) is 5.88 Å². The van der Waals surface area contributed by atoms with E-state index in [0.29, 0.717) is 32.1 Å². The van der Waals surface area contributed by atoms with Gasteiger partial charge in [0.25, 0.3) is 5.91 Å². The van der Waals surface area contributed by atoms with Crippen molar-refractivity contribution in [2.24, 2.45) is 0 Å². The van der Waals surface area contributed by atoms with Crippen molar-refractivity contribution in [2.75, 3.05) is 11.9 Å². The Balaban J connectivity index is 1.60. The number of pyridine rings is 1. The molecule has 0 radical (unpaired) electrons. The molecule has 34 heavy (non-hydrogen) atoms. The first-order chi connectivity index (χ1) is 16.5. The van der Waals surface area contributed by atoms with E-state index in [1.165, 1.54) is 0 Å². The average molecular weight is 496 g/mol. The lowest BCUT2D eigenvalue weighted by molar-refractivity contribution is 0.0528. The van der Waals surface area contributed by atoms with Crippen molar-refractivity contribution >= 4 is 51.9 Å². The third-order valence-electron chi connectivity index (χ3n) is 5.72. The lowest BCUT2D eigenvalue weighted by atomic mass is 10.0. The zero-order valence-corrected chi connectivity index (χ0v) is 19.7. The number of aromatic nitrogens is 2. The minimum atomic E-state index is -0.656. The van der Waals surface area contributed by atoms with Gasteiger partial charge in [-0.15, -0.1) is 0 Å². The second kappa shape index (κ2) is 9.08. The molecule has 2 heterocycles. The Morgan fingerprint density at radius 2 is 1.82 bits per heavy atom. The van der Waals surface area contributed by atoms with Crippen molar-refractivity contribution in [1.29, 1.82) is 0 Å². The van der Waals surface area contributed by atoms with Crippen molar-refractivity contribution in [3.63, 3.8) is 0 Å². The lowest BCUT2D eigenvalue weighted by Crippen LogP contribution is -2.18. The Morgan fingerprint density at radius 1 is 1.06 bits per heavy atom. The van der Waals surface area contributed by atoms with E-state index >= 15 is 0 Å². The van der Waals surface area contributed by atoms with Crippen molar-refractivity contribution in [1.82, 2.24) is 10.1 Å². The van der Waals surface area contributed by atoms with Crippen LogP contribution >= 0.6 is 23.2 Å². The number of amides is 1. The van der Waals surface area contributed by atoms with E-state index in [1.54, 1.807) is 49.4 Å². The van der Waals surface area contributed by atoms with Crippen molar-refractivity contribution < 1.29 is 18.8 Å². The Kier molecular flexibility index (Phi) is 5.98. The molecule has 0 atom stereocenters. The van der Waals surface area contributed by atoms with Gasteiger partial charge in [-0.1, -0.05) is 40.5 Å². The van der Waals surface area contributed by atoms with Gasteiger partial charge >= 0.3 is 5.97 Å². The van der Waals surface area contributed by atoms with Crippen LogP contribution in [0.2, 0.25) is 10.0 Å². The highest BCUT2D eigenvalue weighted by Crippen LogP contribution is 2.34. The van der Waals surface area contributed by atoms with Crippen LogP contribution < -0.4 is 5.32 Å². The number of fused-ring (bicyclic) bond motifs is 2. The fourth-order valence-electron chi connectivity index (χ4n) is 4.23. The summed E-state index contributed by atoms with van der Waals surface area (Å²) in [5.74, 6) is -1.18. The highest BCUT2D eigenvalue weighted by molar-refractivity contribution is 6.31. The maximum atomic E-state index is 13.6. The largest absolute Gasteiger partial charge is 0.462 e. The first-order valence-corrected chi connectivity index (χ1v) is 11.6. The van der Waals surface area contributed by atoms with Crippen LogP contribution in [0.4, 0.5) is 5.88 Å². The smallest absolute Gasteiger partial charge is 0.346 e. The number of aryl methyl sites for hydroxylation is 1. The first kappa shape index (κ1) is 22.4. The summed E-state index contributed by atoms with van der Waals surface area (Å²) in [4.78, 5) is 31.1. The Hall–Kier alpha value is -3.42. The van der Waals surface area contributed by atoms with Crippen LogP contribution in [0.1, 0.15) is 45.3 Å². The number of nitrogens with zero attached hydrogens (tertiary/aromatic N) is 2. The quantitative estimate of drug-likeness (QED) is 0.335. The molecule has 1 amide bonds. The fourth-order valence-corrected chi connectivity index (χ4v) is 4.53. The van der Waals surface area contributed by atoms with Crippen LogP contribution in [0.5, 0.6) is 0 Å². The van der Waals surface area contributed by atoms with Gasteiger partial charge < -0.3 is 9.26 Å². The molecule has 172 valence electrons. The molecule has 1 N–H and O–H groups in total. The molecule has 0 saturated heterocycles. The van der Waals surface area contributed by atoms with E-state index in [4.69, 9.17) is 37.4 Å². The average Bonchev–Trinajstić information content (AvgIpc) is 3.45. The van der Waals surface area contributed by atoms with Crippen LogP contribution in [0.15, 0.2) is 47.0 Å².